The molecule has 0 amide bonds. The highest BCUT2D eigenvalue weighted by molar-refractivity contribution is 5.87. The molecule has 200 valence electrons. The van der Waals surface area contributed by atoms with Crippen molar-refractivity contribution in [2.45, 2.75) is 75.8 Å². The zero-order valence-corrected chi connectivity index (χ0v) is 21.0. The first kappa shape index (κ1) is 24.8. The smallest absolute Gasteiger partial charge is 0.387 e. The molecule has 1 aromatic carbocycles. The molecule has 2 saturated heterocycles. The van der Waals surface area contributed by atoms with E-state index >= 15 is 0 Å². The lowest BCUT2D eigenvalue weighted by molar-refractivity contribution is -0.0494. The SMILES string of the molecule is COC(=O)c1cccc(N2[C@@H]3CC[C@H]2C[C@H](OCc2c(-c4ccccc4OC(F)F)noc2C2CC2)C3)n1. The van der Waals surface area contributed by atoms with Crippen molar-refractivity contribution < 1.29 is 32.3 Å². The molecular weight excluding hydrogens is 496 g/mol. The average molecular weight is 526 g/mol. The van der Waals surface area contributed by atoms with Crippen LogP contribution >= 0.6 is 0 Å². The van der Waals surface area contributed by atoms with Gasteiger partial charge in [-0.05, 0) is 62.8 Å². The summed E-state index contributed by atoms with van der Waals surface area (Å²) in [4.78, 5) is 18.8. The van der Waals surface area contributed by atoms with Crippen LogP contribution in [-0.4, -0.2) is 48.0 Å². The fraction of sp³-hybridized carbons (Fsp3) is 0.464. The van der Waals surface area contributed by atoms with E-state index in [0.29, 0.717) is 17.0 Å². The number of pyridine rings is 1. The molecule has 0 N–H and O–H groups in total. The molecule has 3 atom stereocenters. The van der Waals surface area contributed by atoms with Crippen molar-refractivity contribution in [2.24, 2.45) is 0 Å². The van der Waals surface area contributed by atoms with Gasteiger partial charge in [0.25, 0.3) is 0 Å². The molecule has 4 heterocycles. The van der Waals surface area contributed by atoms with E-state index < -0.39 is 12.6 Å². The van der Waals surface area contributed by atoms with Gasteiger partial charge in [0.15, 0.2) is 5.69 Å². The van der Waals surface area contributed by atoms with Crippen LogP contribution in [0.5, 0.6) is 5.75 Å². The number of aromatic nitrogens is 2. The maximum atomic E-state index is 13.0. The number of methoxy groups -OCH3 is 1. The Morgan fingerprint density at radius 2 is 1.84 bits per heavy atom. The van der Waals surface area contributed by atoms with Gasteiger partial charge in [0.1, 0.15) is 23.0 Å². The Kier molecular flexibility index (Phi) is 6.73. The maximum Gasteiger partial charge on any atom is 0.387 e. The minimum atomic E-state index is -2.94. The molecule has 1 aliphatic carbocycles. The number of alkyl halides is 2. The van der Waals surface area contributed by atoms with Crippen LogP contribution in [0.1, 0.15) is 66.3 Å². The summed E-state index contributed by atoms with van der Waals surface area (Å²) >= 11 is 0. The number of ether oxygens (including phenoxy) is 3. The molecule has 10 heteroatoms. The molecule has 38 heavy (non-hydrogen) atoms. The predicted molar refractivity (Wildman–Crippen MR) is 133 cm³/mol. The number of halogens is 2. The molecule has 1 saturated carbocycles. The third-order valence-corrected chi connectivity index (χ3v) is 7.67. The maximum absolute atomic E-state index is 13.0. The minimum absolute atomic E-state index is 0.0231. The second kappa shape index (κ2) is 10.3. The highest BCUT2D eigenvalue weighted by Gasteiger charge is 2.42. The van der Waals surface area contributed by atoms with E-state index in [9.17, 15) is 13.6 Å². The van der Waals surface area contributed by atoms with Gasteiger partial charge in [-0.3, -0.25) is 0 Å². The van der Waals surface area contributed by atoms with Crippen molar-refractivity contribution >= 4 is 11.8 Å². The number of esters is 1. The number of rotatable bonds is 9. The van der Waals surface area contributed by atoms with E-state index in [2.05, 4.69) is 15.0 Å². The van der Waals surface area contributed by atoms with Crippen LogP contribution < -0.4 is 9.64 Å². The van der Waals surface area contributed by atoms with Crippen molar-refractivity contribution in [2.75, 3.05) is 12.0 Å². The number of para-hydroxylation sites is 1. The number of carbonyl (C=O) groups is 1. The summed E-state index contributed by atoms with van der Waals surface area (Å²) in [5, 5.41) is 4.27. The first-order valence-corrected chi connectivity index (χ1v) is 13.0. The van der Waals surface area contributed by atoms with Crippen molar-refractivity contribution in [1.82, 2.24) is 10.1 Å². The fourth-order valence-electron chi connectivity index (χ4n) is 5.82. The summed E-state index contributed by atoms with van der Waals surface area (Å²) in [5.41, 5.74) is 2.06. The number of nitrogens with zero attached hydrogens (tertiary/aromatic N) is 3. The molecule has 0 unspecified atom stereocenters. The third-order valence-electron chi connectivity index (χ3n) is 7.67. The standard InChI is InChI=1S/C28H29F2N3O5/c1-35-27(34)22-6-4-8-24(31-22)33-17-11-12-18(33)14-19(13-17)36-15-21-25(32-38-26(21)16-9-10-16)20-5-2-3-7-23(20)37-28(29)30/h2-8,16-19,28H,9-15H2,1H3/t17-,18+,19-. The first-order valence-electron chi connectivity index (χ1n) is 13.0. The monoisotopic (exact) mass is 525 g/mol. The molecule has 0 spiro atoms. The molecule has 2 aliphatic heterocycles. The normalized spacial score (nSPS) is 22.6. The van der Waals surface area contributed by atoms with Gasteiger partial charge in [0, 0.05) is 29.1 Å². The number of benzene rings is 1. The van der Waals surface area contributed by atoms with Crippen LogP contribution in [-0.2, 0) is 16.1 Å². The summed E-state index contributed by atoms with van der Waals surface area (Å²) in [6, 6.07) is 12.6. The van der Waals surface area contributed by atoms with Crippen LogP contribution in [0.2, 0.25) is 0 Å². The predicted octanol–water partition coefficient (Wildman–Crippen LogP) is 5.72. The lowest BCUT2D eigenvalue weighted by atomic mass is 9.99. The minimum Gasteiger partial charge on any atom is -0.464 e. The summed E-state index contributed by atoms with van der Waals surface area (Å²) in [6.07, 6.45) is 5.75. The fourth-order valence-corrected chi connectivity index (χ4v) is 5.82. The Morgan fingerprint density at radius 1 is 1.08 bits per heavy atom. The summed E-state index contributed by atoms with van der Waals surface area (Å²) in [6.45, 7) is -2.65. The molecule has 3 aromatic rings. The van der Waals surface area contributed by atoms with Gasteiger partial charge in [-0.25, -0.2) is 9.78 Å². The highest BCUT2D eigenvalue weighted by atomic mass is 19.3. The van der Waals surface area contributed by atoms with Gasteiger partial charge in [-0.2, -0.15) is 8.78 Å². The van der Waals surface area contributed by atoms with Crippen molar-refractivity contribution in [3.8, 4) is 17.0 Å². The number of hydrogen-bond donors (Lipinski definition) is 0. The van der Waals surface area contributed by atoms with Crippen LogP contribution in [0.25, 0.3) is 11.3 Å². The largest absolute Gasteiger partial charge is 0.464 e. The molecule has 3 fully saturated rings. The van der Waals surface area contributed by atoms with Gasteiger partial charge in [0.2, 0.25) is 0 Å². The Hall–Kier alpha value is -3.53. The third kappa shape index (κ3) is 4.84. The number of anilines is 1. The summed E-state index contributed by atoms with van der Waals surface area (Å²) in [5.74, 6) is 1.45. The molecule has 3 aliphatic rings. The summed E-state index contributed by atoms with van der Waals surface area (Å²) < 4.78 is 47.9. The number of piperidine rings is 1. The van der Waals surface area contributed by atoms with E-state index in [4.69, 9.17) is 18.7 Å². The van der Waals surface area contributed by atoms with Gasteiger partial charge < -0.3 is 23.6 Å². The molecule has 0 radical (unpaired) electrons. The summed E-state index contributed by atoms with van der Waals surface area (Å²) in [7, 11) is 1.35. The second-order valence-electron chi connectivity index (χ2n) is 10.1. The Balaban J connectivity index is 1.19. The van der Waals surface area contributed by atoms with E-state index in [-0.39, 0.29) is 36.5 Å². The molecule has 8 nitrogen and oxygen atoms in total. The Labute approximate surface area is 218 Å². The van der Waals surface area contributed by atoms with Crippen molar-refractivity contribution in [3.05, 3.63) is 59.5 Å². The molecule has 6 rings (SSSR count). The van der Waals surface area contributed by atoms with E-state index in [1.165, 1.54) is 13.2 Å². The van der Waals surface area contributed by atoms with E-state index in [1.54, 1.807) is 24.3 Å². The van der Waals surface area contributed by atoms with Gasteiger partial charge in [0.05, 0.1) is 19.8 Å². The van der Waals surface area contributed by atoms with Gasteiger partial charge in [-0.15, -0.1) is 0 Å². The second-order valence-corrected chi connectivity index (χ2v) is 10.1. The van der Waals surface area contributed by atoms with Gasteiger partial charge in [-0.1, -0.05) is 23.4 Å². The Bertz CT molecular complexity index is 1300. The van der Waals surface area contributed by atoms with Crippen LogP contribution in [0, 0.1) is 0 Å². The van der Waals surface area contributed by atoms with Crippen molar-refractivity contribution in [1.29, 1.82) is 0 Å². The van der Waals surface area contributed by atoms with Crippen LogP contribution in [0.4, 0.5) is 14.6 Å². The highest BCUT2D eigenvalue weighted by Crippen LogP contribution is 2.46. The number of carbonyl (C=O) groups excluding carboxylic acids is 1. The van der Waals surface area contributed by atoms with E-state index in [1.807, 2.05) is 12.1 Å². The molecule has 2 bridgehead atoms. The zero-order chi connectivity index (χ0) is 26.2. The quantitative estimate of drug-likeness (QED) is 0.328. The zero-order valence-electron chi connectivity index (χ0n) is 21.0. The van der Waals surface area contributed by atoms with Crippen LogP contribution in [0.15, 0.2) is 47.0 Å². The first-order chi connectivity index (χ1) is 18.5. The van der Waals surface area contributed by atoms with Crippen molar-refractivity contribution in [3.63, 3.8) is 0 Å². The lowest BCUT2D eigenvalue weighted by Crippen LogP contribution is -2.46. The van der Waals surface area contributed by atoms with Gasteiger partial charge >= 0.3 is 12.6 Å². The topological polar surface area (TPSA) is 86.9 Å². The number of hydrogen-bond acceptors (Lipinski definition) is 8. The van der Waals surface area contributed by atoms with E-state index in [0.717, 1.165) is 55.7 Å². The Morgan fingerprint density at radius 3 is 2.55 bits per heavy atom. The number of fused-ring (bicyclic) bond motifs is 2. The average Bonchev–Trinajstić information content (AvgIpc) is 3.63. The molecule has 2 aromatic heterocycles. The molecular formula is C28H29F2N3O5. The lowest BCUT2D eigenvalue weighted by Gasteiger charge is -2.39. The van der Waals surface area contributed by atoms with Crippen LogP contribution in [0.3, 0.4) is 0 Å².